The Morgan fingerprint density at radius 1 is 1.35 bits per heavy atom. The molecule has 1 aromatic carbocycles. The molecule has 0 spiro atoms. The van der Waals surface area contributed by atoms with Crippen LogP contribution < -0.4 is 5.32 Å². The third-order valence-electron chi connectivity index (χ3n) is 2.35. The molecule has 1 rings (SSSR count). The van der Waals surface area contributed by atoms with Crippen molar-refractivity contribution >= 4 is 12.1 Å². The first-order valence-electron chi connectivity index (χ1n) is 6.15. The third-order valence-corrected chi connectivity index (χ3v) is 2.35. The van der Waals surface area contributed by atoms with Gasteiger partial charge >= 0.3 is 12.1 Å². The second-order valence-corrected chi connectivity index (χ2v) is 5.32. The molecule has 6 heteroatoms. The fraction of sp³-hybridized carbons (Fsp3) is 0.429. The van der Waals surface area contributed by atoms with E-state index in [0.29, 0.717) is 0 Å². The zero-order valence-corrected chi connectivity index (χ0v) is 11.6. The van der Waals surface area contributed by atoms with Crippen LogP contribution in [0.5, 0.6) is 0 Å². The van der Waals surface area contributed by atoms with E-state index in [1.54, 1.807) is 26.8 Å². The summed E-state index contributed by atoms with van der Waals surface area (Å²) in [4.78, 5) is 22.5. The molecule has 0 unspecified atom stereocenters. The lowest BCUT2D eigenvalue weighted by Gasteiger charge is -2.23. The quantitative estimate of drug-likeness (QED) is 0.891. The molecule has 1 amide bonds. The lowest BCUT2D eigenvalue weighted by molar-refractivity contribution is -0.137. The second-order valence-electron chi connectivity index (χ2n) is 5.32. The Bertz CT molecular complexity index is 496. The summed E-state index contributed by atoms with van der Waals surface area (Å²) >= 11 is 0. The number of ether oxygens (including phenoxy) is 1. The largest absolute Gasteiger partial charge is 0.481 e. The first kappa shape index (κ1) is 15.9. The van der Waals surface area contributed by atoms with Crippen LogP contribution in [0.1, 0.15) is 38.8 Å². The molecule has 0 aromatic heterocycles. The van der Waals surface area contributed by atoms with Crippen molar-refractivity contribution in [2.75, 3.05) is 0 Å². The number of aliphatic carboxylic acids is 1. The monoisotopic (exact) mass is 283 g/mol. The average Bonchev–Trinajstić information content (AvgIpc) is 2.25. The van der Waals surface area contributed by atoms with Crippen molar-refractivity contribution in [2.24, 2.45) is 0 Å². The van der Waals surface area contributed by atoms with Crippen molar-refractivity contribution in [2.45, 2.75) is 38.8 Å². The Morgan fingerprint density at radius 2 is 1.95 bits per heavy atom. The molecule has 110 valence electrons. The number of carboxylic acid groups (broad SMARTS) is 1. The van der Waals surface area contributed by atoms with Crippen LogP contribution in [0.25, 0.3) is 0 Å². The fourth-order valence-corrected chi connectivity index (χ4v) is 1.62. The molecule has 5 nitrogen and oxygen atoms in total. The molecule has 0 aliphatic heterocycles. The highest BCUT2D eigenvalue weighted by Gasteiger charge is 2.24. The van der Waals surface area contributed by atoms with Crippen molar-refractivity contribution in [3.63, 3.8) is 0 Å². The van der Waals surface area contributed by atoms with Gasteiger partial charge in [-0.15, -0.1) is 0 Å². The number of carbonyl (C=O) groups is 2. The molecular formula is C14H18FNO4. The van der Waals surface area contributed by atoms with E-state index in [1.165, 1.54) is 18.2 Å². The van der Waals surface area contributed by atoms with E-state index in [4.69, 9.17) is 9.84 Å². The molecule has 0 saturated heterocycles. The van der Waals surface area contributed by atoms with Crippen LogP contribution in [0.3, 0.4) is 0 Å². The van der Waals surface area contributed by atoms with Gasteiger partial charge in [0.15, 0.2) is 0 Å². The highest BCUT2D eigenvalue weighted by molar-refractivity contribution is 5.72. The summed E-state index contributed by atoms with van der Waals surface area (Å²) in [6, 6.07) is 4.72. The van der Waals surface area contributed by atoms with Gasteiger partial charge in [-0.3, -0.25) is 4.79 Å². The lowest BCUT2D eigenvalue weighted by Crippen LogP contribution is -2.36. The zero-order valence-electron chi connectivity index (χ0n) is 11.6. The zero-order chi connectivity index (χ0) is 15.3. The van der Waals surface area contributed by atoms with Crippen molar-refractivity contribution in [1.82, 2.24) is 5.32 Å². The fourth-order valence-electron chi connectivity index (χ4n) is 1.62. The number of amides is 1. The normalized spacial score (nSPS) is 12.6. The molecule has 0 fully saturated rings. The van der Waals surface area contributed by atoms with Crippen molar-refractivity contribution in [1.29, 1.82) is 0 Å². The van der Waals surface area contributed by atoms with Crippen LogP contribution in [0.15, 0.2) is 24.3 Å². The van der Waals surface area contributed by atoms with Crippen LogP contribution >= 0.6 is 0 Å². The van der Waals surface area contributed by atoms with Gasteiger partial charge < -0.3 is 15.2 Å². The van der Waals surface area contributed by atoms with Crippen molar-refractivity contribution in [3.05, 3.63) is 35.6 Å². The van der Waals surface area contributed by atoms with Crippen LogP contribution in [-0.4, -0.2) is 22.8 Å². The van der Waals surface area contributed by atoms with Gasteiger partial charge in [0.2, 0.25) is 0 Å². The van der Waals surface area contributed by atoms with E-state index in [1.807, 2.05) is 0 Å². The van der Waals surface area contributed by atoms with E-state index in [0.717, 1.165) is 0 Å². The SMILES string of the molecule is CC(C)(C)OC(=O)N[C@H](CC(=O)O)c1ccccc1F. The number of carboxylic acids is 1. The van der Waals surface area contributed by atoms with Gasteiger partial charge in [-0.25, -0.2) is 9.18 Å². The number of carbonyl (C=O) groups excluding carboxylic acids is 1. The first-order chi connectivity index (χ1) is 9.19. The standard InChI is InChI=1S/C14H18FNO4/c1-14(2,3)20-13(19)16-11(8-12(17)18)9-6-4-5-7-10(9)15/h4-7,11H,8H2,1-3H3,(H,16,19)(H,17,18)/t11-/m1/s1. The van der Waals surface area contributed by atoms with Crippen molar-refractivity contribution in [3.8, 4) is 0 Å². The minimum absolute atomic E-state index is 0.112. The molecule has 20 heavy (non-hydrogen) atoms. The second kappa shape index (κ2) is 6.36. The maximum Gasteiger partial charge on any atom is 0.408 e. The Morgan fingerprint density at radius 3 is 2.45 bits per heavy atom. The van der Waals surface area contributed by atoms with Crippen LogP contribution in [-0.2, 0) is 9.53 Å². The minimum Gasteiger partial charge on any atom is -0.481 e. The summed E-state index contributed by atoms with van der Waals surface area (Å²) in [5.41, 5.74) is -0.603. The van der Waals surface area contributed by atoms with E-state index >= 15 is 0 Å². The van der Waals surface area contributed by atoms with Crippen LogP contribution in [0.4, 0.5) is 9.18 Å². The van der Waals surface area contributed by atoms with E-state index in [2.05, 4.69) is 5.32 Å². The summed E-state index contributed by atoms with van der Waals surface area (Å²) in [5.74, 6) is -1.72. The molecule has 2 N–H and O–H groups in total. The summed E-state index contributed by atoms with van der Waals surface area (Å²) in [6.45, 7) is 5.05. The van der Waals surface area contributed by atoms with Gasteiger partial charge in [0.25, 0.3) is 0 Å². The Labute approximate surface area is 116 Å². The lowest BCUT2D eigenvalue weighted by atomic mass is 10.0. The van der Waals surface area contributed by atoms with Crippen LogP contribution in [0, 0.1) is 5.82 Å². The summed E-state index contributed by atoms with van der Waals surface area (Å²) in [5, 5.41) is 11.2. The molecule has 0 aliphatic rings. The molecule has 0 bridgehead atoms. The Hall–Kier alpha value is -2.11. The van der Waals surface area contributed by atoms with Gasteiger partial charge in [0.05, 0.1) is 12.5 Å². The number of benzene rings is 1. The third kappa shape index (κ3) is 5.26. The van der Waals surface area contributed by atoms with Gasteiger partial charge in [0.1, 0.15) is 11.4 Å². The van der Waals surface area contributed by atoms with Gasteiger partial charge in [-0.05, 0) is 26.8 Å². The molecule has 0 radical (unpaired) electrons. The Balaban J connectivity index is 2.88. The van der Waals surface area contributed by atoms with E-state index in [-0.39, 0.29) is 5.56 Å². The average molecular weight is 283 g/mol. The molecule has 0 saturated carbocycles. The summed E-state index contributed by atoms with van der Waals surface area (Å²) in [6.07, 6.45) is -1.22. The minimum atomic E-state index is -1.14. The van der Waals surface area contributed by atoms with Gasteiger partial charge in [-0.1, -0.05) is 18.2 Å². The predicted molar refractivity (Wildman–Crippen MR) is 70.8 cm³/mol. The number of alkyl carbamates (subject to hydrolysis) is 1. The van der Waals surface area contributed by atoms with Gasteiger partial charge in [0, 0.05) is 5.56 Å². The van der Waals surface area contributed by atoms with Crippen LogP contribution in [0.2, 0.25) is 0 Å². The maximum atomic E-state index is 13.7. The highest BCUT2D eigenvalue weighted by atomic mass is 19.1. The molecule has 1 aromatic rings. The molecular weight excluding hydrogens is 265 g/mol. The number of rotatable bonds is 4. The number of nitrogens with one attached hydrogen (secondary N) is 1. The first-order valence-corrected chi connectivity index (χ1v) is 6.15. The molecule has 1 atom stereocenters. The van der Waals surface area contributed by atoms with Gasteiger partial charge in [-0.2, -0.15) is 0 Å². The highest BCUT2D eigenvalue weighted by Crippen LogP contribution is 2.21. The number of hydrogen-bond donors (Lipinski definition) is 2. The summed E-state index contributed by atoms with van der Waals surface area (Å²) < 4.78 is 18.7. The summed E-state index contributed by atoms with van der Waals surface area (Å²) in [7, 11) is 0. The topological polar surface area (TPSA) is 75.6 Å². The van der Waals surface area contributed by atoms with E-state index < -0.39 is 35.9 Å². The molecule has 0 aliphatic carbocycles. The number of hydrogen-bond acceptors (Lipinski definition) is 3. The predicted octanol–water partition coefficient (Wildman–Crippen LogP) is 2.87. The van der Waals surface area contributed by atoms with E-state index in [9.17, 15) is 14.0 Å². The number of halogens is 1. The Kier molecular flexibility index (Phi) is 5.07. The van der Waals surface area contributed by atoms with Crippen molar-refractivity contribution < 1.29 is 23.8 Å². The maximum absolute atomic E-state index is 13.7. The smallest absolute Gasteiger partial charge is 0.408 e. The molecule has 0 heterocycles.